The van der Waals surface area contributed by atoms with E-state index in [0.717, 1.165) is 23.3 Å². The van der Waals surface area contributed by atoms with Crippen LogP contribution in [0, 0.1) is 5.92 Å². The molecular weight excluding hydrogens is 402 g/mol. The Morgan fingerprint density at radius 3 is 2.47 bits per heavy atom. The summed E-state index contributed by atoms with van der Waals surface area (Å²) < 4.78 is 7.11. The molecule has 2 N–H and O–H groups in total. The number of carbonyl (C=O) groups excluding carboxylic acids is 1. The summed E-state index contributed by atoms with van der Waals surface area (Å²) in [4.78, 5) is 16.6. The van der Waals surface area contributed by atoms with Crippen LogP contribution < -0.4 is 15.4 Å². The molecule has 0 radical (unpaired) electrons. The molecule has 1 aromatic heterocycles. The maximum absolute atomic E-state index is 12.1. The first-order chi connectivity index (χ1) is 14.4. The standard InChI is InChI=1S/C22H24ClN5O2/c1-13(2)20(29)25-21-26-22-24-18(14-6-10-17(30-3)11-7-14)12-19(28(22)27-21)15-4-8-16(23)9-5-15/h4-11,13,18-19H,12H2,1-3H3,(H2,24,25,26,27,29)/t18-,19+/m1/s1. The average molecular weight is 426 g/mol. The summed E-state index contributed by atoms with van der Waals surface area (Å²) >= 11 is 6.09. The first kappa shape index (κ1) is 20.2. The maximum atomic E-state index is 12.1. The summed E-state index contributed by atoms with van der Waals surface area (Å²) in [5.41, 5.74) is 2.20. The second kappa shape index (κ2) is 8.36. The Labute approximate surface area is 180 Å². The lowest BCUT2D eigenvalue weighted by atomic mass is 9.93. The fourth-order valence-corrected chi connectivity index (χ4v) is 3.63. The highest BCUT2D eigenvalue weighted by Gasteiger charge is 2.31. The quantitative estimate of drug-likeness (QED) is 0.620. The molecule has 156 valence electrons. The van der Waals surface area contributed by atoms with Crippen molar-refractivity contribution in [1.29, 1.82) is 0 Å². The Hall–Kier alpha value is -3.06. The molecule has 0 unspecified atom stereocenters. The number of hydrogen-bond donors (Lipinski definition) is 2. The second-order valence-electron chi connectivity index (χ2n) is 7.62. The lowest BCUT2D eigenvalue weighted by Crippen LogP contribution is -2.28. The van der Waals surface area contributed by atoms with Crippen molar-refractivity contribution in [2.45, 2.75) is 32.4 Å². The Balaban J connectivity index is 1.69. The van der Waals surface area contributed by atoms with E-state index >= 15 is 0 Å². The molecule has 2 aromatic carbocycles. The van der Waals surface area contributed by atoms with Gasteiger partial charge in [0.25, 0.3) is 5.95 Å². The number of carbonyl (C=O) groups is 1. The summed E-state index contributed by atoms with van der Waals surface area (Å²) in [6, 6.07) is 15.7. The zero-order valence-corrected chi connectivity index (χ0v) is 17.8. The highest BCUT2D eigenvalue weighted by Crippen LogP contribution is 2.38. The van der Waals surface area contributed by atoms with E-state index in [1.165, 1.54) is 0 Å². The molecule has 1 amide bonds. The molecule has 0 fully saturated rings. The molecule has 0 spiro atoms. The Bertz CT molecular complexity index is 1030. The van der Waals surface area contributed by atoms with Gasteiger partial charge < -0.3 is 10.1 Å². The number of methoxy groups -OCH3 is 1. The van der Waals surface area contributed by atoms with Crippen LogP contribution in [-0.4, -0.2) is 27.8 Å². The number of benzene rings is 2. The van der Waals surface area contributed by atoms with E-state index in [2.05, 4.69) is 20.7 Å². The van der Waals surface area contributed by atoms with E-state index in [1.807, 2.05) is 67.1 Å². The van der Waals surface area contributed by atoms with Crippen molar-refractivity contribution in [3.63, 3.8) is 0 Å². The fraction of sp³-hybridized carbons (Fsp3) is 0.318. The molecule has 0 bridgehead atoms. The number of anilines is 2. The van der Waals surface area contributed by atoms with Gasteiger partial charge in [-0.3, -0.25) is 10.1 Å². The molecule has 2 atom stereocenters. The largest absolute Gasteiger partial charge is 0.497 e. The van der Waals surface area contributed by atoms with Crippen LogP contribution in [0.25, 0.3) is 0 Å². The number of hydrogen-bond acceptors (Lipinski definition) is 5. The first-order valence-corrected chi connectivity index (χ1v) is 10.3. The van der Waals surface area contributed by atoms with Crippen LogP contribution in [0.2, 0.25) is 5.02 Å². The molecule has 0 saturated carbocycles. The number of rotatable bonds is 5. The lowest BCUT2D eigenvalue weighted by molar-refractivity contribution is -0.118. The smallest absolute Gasteiger partial charge is 0.250 e. The highest BCUT2D eigenvalue weighted by atomic mass is 35.5. The third-order valence-corrected chi connectivity index (χ3v) is 5.47. The molecule has 1 aliphatic heterocycles. The van der Waals surface area contributed by atoms with Crippen molar-refractivity contribution in [2.24, 2.45) is 5.92 Å². The molecule has 0 saturated heterocycles. The molecule has 8 heteroatoms. The predicted octanol–water partition coefficient (Wildman–Crippen LogP) is 4.68. The SMILES string of the molecule is COc1ccc([C@H]2C[C@@H](c3ccc(Cl)cc3)n3nc(NC(=O)C(C)C)nc3N2)cc1. The molecule has 30 heavy (non-hydrogen) atoms. The summed E-state index contributed by atoms with van der Waals surface area (Å²) in [6.45, 7) is 3.67. The van der Waals surface area contributed by atoms with Gasteiger partial charge in [0.05, 0.1) is 19.2 Å². The fourth-order valence-electron chi connectivity index (χ4n) is 3.50. The minimum Gasteiger partial charge on any atom is -0.497 e. The van der Waals surface area contributed by atoms with E-state index in [1.54, 1.807) is 7.11 Å². The second-order valence-corrected chi connectivity index (χ2v) is 8.06. The number of nitrogens with one attached hydrogen (secondary N) is 2. The molecule has 3 aromatic rings. The van der Waals surface area contributed by atoms with E-state index in [0.29, 0.717) is 16.9 Å². The van der Waals surface area contributed by atoms with Gasteiger partial charge in [0.15, 0.2) is 0 Å². The normalized spacial score (nSPS) is 17.9. The van der Waals surface area contributed by atoms with Gasteiger partial charge in [-0.25, -0.2) is 4.68 Å². The third kappa shape index (κ3) is 4.11. The van der Waals surface area contributed by atoms with Crippen LogP contribution in [0.5, 0.6) is 5.75 Å². The first-order valence-electron chi connectivity index (χ1n) is 9.88. The number of halogens is 1. The van der Waals surface area contributed by atoms with Crippen LogP contribution in [0.1, 0.15) is 43.5 Å². The molecule has 1 aliphatic rings. The summed E-state index contributed by atoms with van der Waals surface area (Å²) in [5.74, 6) is 1.45. The van der Waals surface area contributed by atoms with Gasteiger partial charge in [-0.2, -0.15) is 4.98 Å². The van der Waals surface area contributed by atoms with E-state index in [4.69, 9.17) is 16.3 Å². The van der Waals surface area contributed by atoms with Gasteiger partial charge in [0.2, 0.25) is 11.9 Å². The van der Waals surface area contributed by atoms with Crippen molar-refractivity contribution in [2.75, 3.05) is 17.7 Å². The van der Waals surface area contributed by atoms with Crippen LogP contribution in [-0.2, 0) is 4.79 Å². The van der Waals surface area contributed by atoms with E-state index < -0.39 is 0 Å². The Morgan fingerprint density at radius 1 is 1.17 bits per heavy atom. The highest BCUT2D eigenvalue weighted by molar-refractivity contribution is 6.30. The summed E-state index contributed by atoms with van der Waals surface area (Å²) in [5, 5.41) is 11.5. The van der Waals surface area contributed by atoms with Crippen molar-refractivity contribution in [1.82, 2.24) is 14.8 Å². The van der Waals surface area contributed by atoms with Crippen molar-refractivity contribution >= 4 is 29.4 Å². The Kier molecular flexibility index (Phi) is 5.63. The van der Waals surface area contributed by atoms with Gasteiger partial charge in [0.1, 0.15) is 5.75 Å². The molecular formula is C22H24ClN5O2. The van der Waals surface area contributed by atoms with Crippen LogP contribution in [0.15, 0.2) is 48.5 Å². The minimum atomic E-state index is -0.155. The van der Waals surface area contributed by atoms with Crippen LogP contribution in [0.3, 0.4) is 0 Å². The average Bonchev–Trinajstić information content (AvgIpc) is 3.16. The Morgan fingerprint density at radius 2 is 1.83 bits per heavy atom. The molecule has 7 nitrogen and oxygen atoms in total. The van der Waals surface area contributed by atoms with Gasteiger partial charge in [-0.15, -0.1) is 5.10 Å². The topological polar surface area (TPSA) is 81.1 Å². The molecule has 4 rings (SSSR count). The zero-order chi connectivity index (χ0) is 21.3. The van der Waals surface area contributed by atoms with Crippen molar-refractivity contribution in [3.8, 4) is 5.75 Å². The van der Waals surface area contributed by atoms with E-state index in [-0.39, 0.29) is 23.9 Å². The van der Waals surface area contributed by atoms with Gasteiger partial charge in [0, 0.05) is 10.9 Å². The zero-order valence-electron chi connectivity index (χ0n) is 17.1. The molecule has 0 aliphatic carbocycles. The van der Waals surface area contributed by atoms with Gasteiger partial charge in [-0.05, 0) is 41.8 Å². The number of nitrogens with zero attached hydrogens (tertiary/aromatic N) is 3. The number of aromatic nitrogens is 3. The van der Waals surface area contributed by atoms with Crippen LogP contribution >= 0.6 is 11.6 Å². The number of ether oxygens (including phenoxy) is 1. The monoisotopic (exact) mass is 425 g/mol. The minimum absolute atomic E-state index is 0.0296. The van der Waals surface area contributed by atoms with Gasteiger partial charge in [-0.1, -0.05) is 49.7 Å². The lowest BCUT2D eigenvalue weighted by Gasteiger charge is -2.31. The summed E-state index contributed by atoms with van der Waals surface area (Å²) in [6.07, 6.45) is 0.766. The third-order valence-electron chi connectivity index (χ3n) is 5.22. The van der Waals surface area contributed by atoms with Crippen molar-refractivity contribution in [3.05, 3.63) is 64.7 Å². The number of fused-ring (bicyclic) bond motifs is 1. The van der Waals surface area contributed by atoms with Crippen LogP contribution in [0.4, 0.5) is 11.9 Å². The van der Waals surface area contributed by atoms with Crippen molar-refractivity contribution < 1.29 is 9.53 Å². The predicted molar refractivity (Wildman–Crippen MR) is 117 cm³/mol. The maximum Gasteiger partial charge on any atom is 0.250 e. The molecule has 2 heterocycles. The van der Waals surface area contributed by atoms with E-state index in [9.17, 15) is 4.79 Å². The van der Waals surface area contributed by atoms with Gasteiger partial charge >= 0.3 is 0 Å². The number of amides is 1. The summed E-state index contributed by atoms with van der Waals surface area (Å²) in [7, 11) is 1.65.